The third-order valence-corrected chi connectivity index (χ3v) is 3.29. The molecule has 0 aliphatic rings. The van der Waals surface area contributed by atoms with E-state index in [-0.39, 0.29) is 31.2 Å². The number of urea groups is 1. The highest BCUT2D eigenvalue weighted by Crippen LogP contribution is 2.35. The van der Waals surface area contributed by atoms with Crippen molar-refractivity contribution in [3.8, 4) is 5.75 Å². The smallest absolute Gasteiger partial charge is 0.416 e. The zero-order chi connectivity index (χ0) is 18.2. The van der Waals surface area contributed by atoms with Gasteiger partial charge in [0.1, 0.15) is 5.75 Å². The van der Waals surface area contributed by atoms with Crippen LogP contribution in [-0.2, 0) is 6.18 Å². The quantitative estimate of drug-likeness (QED) is 0.752. The van der Waals surface area contributed by atoms with Crippen LogP contribution in [0.15, 0.2) is 18.2 Å². The first-order valence-electron chi connectivity index (χ1n) is 7.84. The number of aliphatic hydroxyl groups excluding tert-OH is 1. The molecule has 1 aromatic carbocycles. The number of nitrogens with zero attached hydrogens (tertiary/aromatic N) is 1. The summed E-state index contributed by atoms with van der Waals surface area (Å²) in [4.78, 5) is 13.7. The number of nitrogens with one attached hydrogen (secondary N) is 1. The van der Waals surface area contributed by atoms with Crippen molar-refractivity contribution in [2.24, 2.45) is 0 Å². The van der Waals surface area contributed by atoms with E-state index in [9.17, 15) is 18.0 Å². The summed E-state index contributed by atoms with van der Waals surface area (Å²) in [5.74, 6) is 0.165. The Hall–Kier alpha value is -1.96. The highest BCUT2D eigenvalue weighted by molar-refractivity contribution is 5.91. The minimum absolute atomic E-state index is 0.0453. The van der Waals surface area contributed by atoms with Crippen molar-refractivity contribution in [3.63, 3.8) is 0 Å². The van der Waals surface area contributed by atoms with Gasteiger partial charge in [-0.25, -0.2) is 4.79 Å². The molecule has 8 heteroatoms. The Morgan fingerprint density at radius 2 is 2.00 bits per heavy atom. The number of anilines is 1. The van der Waals surface area contributed by atoms with Crippen molar-refractivity contribution in [3.05, 3.63) is 23.8 Å². The maximum absolute atomic E-state index is 12.9. The van der Waals surface area contributed by atoms with Crippen LogP contribution in [0.4, 0.5) is 23.7 Å². The van der Waals surface area contributed by atoms with Gasteiger partial charge in [-0.3, -0.25) is 0 Å². The number of hydrogen-bond acceptors (Lipinski definition) is 3. The minimum Gasteiger partial charge on any atom is -0.492 e. The van der Waals surface area contributed by atoms with Crippen LogP contribution in [0.2, 0.25) is 0 Å². The first-order valence-corrected chi connectivity index (χ1v) is 7.84. The Morgan fingerprint density at radius 1 is 1.29 bits per heavy atom. The van der Waals surface area contributed by atoms with Crippen LogP contribution in [0.5, 0.6) is 5.75 Å². The van der Waals surface area contributed by atoms with E-state index < -0.39 is 17.8 Å². The summed E-state index contributed by atoms with van der Waals surface area (Å²) in [6.45, 7) is 4.20. The molecular formula is C16H23F3N2O3. The van der Waals surface area contributed by atoms with Crippen LogP contribution < -0.4 is 10.1 Å². The Morgan fingerprint density at radius 3 is 2.54 bits per heavy atom. The second-order valence-electron chi connectivity index (χ2n) is 5.14. The predicted octanol–water partition coefficient (Wildman–Crippen LogP) is 3.73. The van der Waals surface area contributed by atoms with E-state index in [1.807, 2.05) is 6.92 Å². The summed E-state index contributed by atoms with van der Waals surface area (Å²) < 4.78 is 43.9. The number of ether oxygens (including phenoxy) is 1. The molecule has 0 spiro atoms. The maximum atomic E-state index is 12.9. The third kappa shape index (κ3) is 5.92. The second kappa shape index (κ2) is 9.36. The van der Waals surface area contributed by atoms with Crippen molar-refractivity contribution >= 4 is 11.7 Å². The van der Waals surface area contributed by atoms with Gasteiger partial charge in [-0.05, 0) is 31.5 Å². The molecule has 1 aromatic rings. The van der Waals surface area contributed by atoms with E-state index in [4.69, 9.17) is 9.84 Å². The van der Waals surface area contributed by atoms with Gasteiger partial charge in [-0.1, -0.05) is 13.3 Å². The Balaban J connectivity index is 3.02. The third-order valence-electron chi connectivity index (χ3n) is 3.29. The highest BCUT2D eigenvalue weighted by Gasteiger charge is 2.31. The summed E-state index contributed by atoms with van der Waals surface area (Å²) in [6, 6.07) is 2.37. The summed E-state index contributed by atoms with van der Waals surface area (Å²) in [5.41, 5.74) is -0.917. The molecule has 0 saturated heterocycles. The molecule has 2 amide bonds. The van der Waals surface area contributed by atoms with Crippen LogP contribution in [0.1, 0.15) is 32.3 Å². The van der Waals surface area contributed by atoms with Gasteiger partial charge in [0.15, 0.2) is 0 Å². The highest BCUT2D eigenvalue weighted by atomic mass is 19.4. The first-order chi connectivity index (χ1) is 11.3. The van der Waals surface area contributed by atoms with Gasteiger partial charge in [0, 0.05) is 13.1 Å². The van der Waals surface area contributed by atoms with E-state index in [0.717, 1.165) is 25.0 Å². The van der Waals surface area contributed by atoms with Crippen molar-refractivity contribution < 1.29 is 27.8 Å². The molecule has 0 heterocycles. The molecule has 24 heavy (non-hydrogen) atoms. The van der Waals surface area contributed by atoms with Gasteiger partial charge < -0.3 is 20.1 Å². The lowest BCUT2D eigenvalue weighted by atomic mass is 10.1. The summed E-state index contributed by atoms with van der Waals surface area (Å²) in [5, 5.41) is 11.5. The monoisotopic (exact) mass is 348 g/mol. The molecule has 136 valence electrons. The molecular weight excluding hydrogens is 325 g/mol. The number of carbonyl (C=O) groups excluding carboxylic acids is 1. The molecule has 0 atom stereocenters. The number of amides is 2. The van der Waals surface area contributed by atoms with Crippen LogP contribution in [-0.4, -0.2) is 42.3 Å². The molecule has 0 fully saturated rings. The zero-order valence-corrected chi connectivity index (χ0v) is 13.8. The van der Waals surface area contributed by atoms with Crippen molar-refractivity contribution in [2.45, 2.75) is 32.9 Å². The zero-order valence-electron chi connectivity index (χ0n) is 13.8. The number of benzene rings is 1. The summed E-state index contributed by atoms with van der Waals surface area (Å²) in [6.07, 6.45) is -2.94. The fourth-order valence-electron chi connectivity index (χ4n) is 2.06. The van der Waals surface area contributed by atoms with E-state index >= 15 is 0 Å². The number of halogens is 3. The van der Waals surface area contributed by atoms with Gasteiger partial charge in [0.25, 0.3) is 0 Å². The number of unbranched alkanes of at least 4 members (excludes halogenated alkanes) is 1. The van der Waals surface area contributed by atoms with Gasteiger partial charge in [0.2, 0.25) is 0 Å². The van der Waals surface area contributed by atoms with Crippen LogP contribution >= 0.6 is 0 Å². The average Bonchev–Trinajstić information content (AvgIpc) is 2.52. The molecule has 0 unspecified atom stereocenters. The lowest BCUT2D eigenvalue weighted by Crippen LogP contribution is -2.37. The van der Waals surface area contributed by atoms with Crippen LogP contribution in [0.25, 0.3) is 0 Å². The molecule has 0 bridgehead atoms. The van der Waals surface area contributed by atoms with Crippen molar-refractivity contribution in [2.75, 3.05) is 31.6 Å². The summed E-state index contributed by atoms with van der Waals surface area (Å²) in [7, 11) is 0. The number of carbonyl (C=O) groups is 1. The molecule has 5 nitrogen and oxygen atoms in total. The van der Waals surface area contributed by atoms with E-state index in [0.29, 0.717) is 6.54 Å². The second-order valence-corrected chi connectivity index (χ2v) is 5.14. The largest absolute Gasteiger partial charge is 0.492 e. The molecule has 0 aromatic heterocycles. The average molecular weight is 348 g/mol. The van der Waals surface area contributed by atoms with E-state index in [1.54, 1.807) is 6.92 Å². The van der Waals surface area contributed by atoms with Crippen LogP contribution in [0, 0.1) is 0 Å². The lowest BCUT2D eigenvalue weighted by molar-refractivity contribution is -0.137. The van der Waals surface area contributed by atoms with Crippen LogP contribution in [0.3, 0.4) is 0 Å². The van der Waals surface area contributed by atoms with E-state index in [1.165, 1.54) is 11.0 Å². The normalized spacial score (nSPS) is 11.2. The molecule has 1 rings (SSSR count). The van der Waals surface area contributed by atoms with Crippen molar-refractivity contribution in [1.29, 1.82) is 0 Å². The molecule has 2 N–H and O–H groups in total. The Bertz CT molecular complexity index is 536. The molecule has 0 radical (unpaired) electrons. The number of hydrogen-bond donors (Lipinski definition) is 2. The lowest BCUT2D eigenvalue weighted by Gasteiger charge is -2.23. The van der Waals surface area contributed by atoms with Gasteiger partial charge >= 0.3 is 12.2 Å². The SMILES string of the molecule is CCCCN(CCO)C(=O)Nc1cc(C(F)(F)F)ccc1OCC. The molecule has 0 aliphatic heterocycles. The first kappa shape index (κ1) is 20.1. The van der Waals surface area contributed by atoms with Gasteiger partial charge in [0.05, 0.1) is 24.5 Å². The van der Waals surface area contributed by atoms with Gasteiger partial charge in [-0.2, -0.15) is 13.2 Å². The predicted molar refractivity (Wildman–Crippen MR) is 85.2 cm³/mol. The van der Waals surface area contributed by atoms with Crippen molar-refractivity contribution in [1.82, 2.24) is 4.90 Å². The number of alkyl halides is 3. The maximum Gasteiger partial charge on any atom is 0.416 e. The standard InChI is InChI=1S/C16H23F3N2O3/c1-3-5-8-21(9-10-22)15(23)20-13-11-12(16(17,18)19)6-7-14(13)24-4-2/h6-7,11,22H,3-5,8-10H2,1-2H3,(H,20,23). The Labute approximate surface area is 139 Å². The number of rotatable bonds is 8. The Kier molecular flexibility index (Phi) is 7.84. The summed E-state index contributed by atoms with van der Waals surface area (Å²) >= 11 is 0. The fraction of sp³-hybridized carbons (Fsp3) is 0.562. The minimum atomic E-state index is -4.52. The number of aliphatic hydroxyl groups is 1. The van der Waals surface area contributed by atoms with E-state index in [2.05, 4.69) is 5.32 Å². The molecule has 0 saturated carbocycles. The topological polar surface area (TPSA) is 61.8 Å². The fourth-order valence-corrected chi connectivity index (χ4v) is 2.06. The van der Waals surface area contributed by atoms with Gasteiger partial charge in [-0.15, -0.1) is 0 Å². The molecule has 0 aliphatic carbocycles.